The summed E-state index contributed by atoms with van der Waals surface area (Å²) in [5.74, 6) is 0.494. The molecule has 1 heterocycles. The van der Waals surface area contributed by atoms with Gasteiger partial charge in [-0.3, -0.25) is 0 Å². The van der Waals surface area contributed by atoms with Gasteiger partial charge in [-0.25, -0.2) is 4.99 Å². The van der Waals surface area contributed by atoms with E-state index in [0.29, 0.717) is 5.92 Å². The minimum Gasteiger partial charge on any atom is -0.354 e. The normalized spacial score (nSPS) is 15.6. The van der Waals surface area contributed by atoms with Gasteiger partial charge in [0.2, 0.25) is 0 Å². The van der Waals surface area contributed by atoms with E-state index in [9.17, 15) is 0 Å². The summed E-state index contributed by atoms with van der Waals surface area (Å²) in [5, 5.41) is 3.50. The first-order valence-corrected chi connectivity index (χ1v) is 12.4. The molecule has 0 saturated heterocycles. The lowest BCUT2D eigenvalue weighted by Crippen LogP contribution is -2.11. The van der Waals surface area contributed by atoms with Crippen LogP contribution in [0.4, 0.5) is 5.69 Å². The number of anilines is 1. The van der Waals surface area contributed by atoms with Crippen molar-refractivity contribution in [2.45, 2.75) is 66.7 Å². The molecule has 1 N–H and O–H groups in total. The first-order valence-electron chi connectivity index (χ1n) is 12.4. The zero-order valence-corrected chi connectivity index (χ0v) is 22.0. The van der Waals surface area contributed by atoms with E-state index in [0.717, 1.165) is 35.6 Å². The molecule has 34 heavy (non-hydrogen) atoms. The zero-order chi connectivity index (χ0) is 24.9. The Kier molecular flexibility index (Phi) is 8.15. The summed E-state index contributed by atoms with van der Waals surface area (Å²) in [6.07, 6.45) is 8.60. The molecule has 0 aliphatic carbocycles. The standard InChI is InChI=1S/C32H40N2/c1-9-11-26(20-22(3)10-2)29-21-30(25-14-16-27(17-15-25)32(6,7)8)34-31(29)24(5)33-28-18-12-23(4)13-19-28/h9,11-20,22,33H,5,10,21H2,1-4,6-8H3/b11-9-,26-20+. The largest absolute Gasteiger partial charge is 0.354 e. The molecule has 3 rings (SSSR count). The number of hydrogen-bond acceptors (Lipinski definition) is 2. The molecule has 1 unspecified atom stereocenters. The third-order valence-electron chi connectivity index (χ3n) is 6.40. The van der Waals surface area contributed by atoms with E-state index in [-0.39, 0.29) is 5.41 Å². The highest BCUT2D eigenvalue weighted by Crippen LogP contribution is 2.35. The minimum absolute atomic E-state index is 0.134. The molecule has 1 aliphatic heterocycles. The fourth-order valence-electron chi connectivity index (χ4n) is 4.04. The van der Waals surface area contributed by atoms with Crippen LogP contribution in [0, 0.1) is 12.8 Å². The van der Waals surface area contributed by atoms with Gasteiger partial charge in [0.15, 0.2) is 0 Å². The average molecular weight is 453 g/mol. The molecule has 2 heteroatoms. The van der Waals surface area contributed by atoms with Gasteiger partial charge in [0.1, 0.15) is 0 Å². The van der Waals surface area contributed by atoms with Crippen molar-refractivity contribution >= 4 is 11.4 Å². The minimum atomic E-state index is 0.134. The molecule has 0 aromatic heterocycles. The van der Waals surface area contributed by atoms with E-state index in [1.807, 2.05) is 0 Å². The van der Waals surface area contributed by atoms with Gasteiger partial charge in [0.25, 0.3) is 0 Å². The molecule has 2 aromatic carbocycles. The number of nitrogens with one attached hydrogen (secondary N) is 1. The van der Waals surface area contributed by atoms with Gasteiger partial charge in [0, 0.05) is 12.1 Å². The summed E-state index contributed by atoms with van der Waals surface area (Å²) in [4.78, 5) is 5.14. The van der Waals surface area contributed by atoms with Crippen molar-refractivity contribution in [3.63, 3.8) is 0 Å². The van der Waals surface area contributed by atoms with Gasteiger partial charge >= 0.3 is 0 Å². The summed E-state index contributed by atoms with van der Waals surface area (Å²) in [5.41, 5.74) is 10.3. The van der Waals surface area contributed by atoms with Crippen LogP contribution in [0.3, 0.4) is 0 Å². The maximum absolute atomic E-state index is 5.14. The van der Waals surface area contributed by atoms with Gasteiger partial charge in [-0.2, -0.15) is 0 Å². The van der Waals surface area contributed by atoms with Crippen LogP contribution in [0.2, 0.25) is 0 Å². The van der Waals surface area contributed by atoms with Crippen LogP contribution in [0.1, 0.15) is 71.1 Å². The Labute approximate surface area is 206 Å². The van der Waals surface area contributed by atoms with Crippen molar-refractivity contribution in [1.29, 1.82) is 0 Å². The molecule has 1 atom stereocenters. The molecule has 0 bridgehead atoms. The third kappa shape index (κ3) is 6.26. The van der Waals surface area contributed by atoms with Crippen LogP contribution in [0.15, 0.2) is 101 Å². The average Bonchev–Trinajstić information content (AvgIpc) is 3.25. The first kappa shape index (κ1) is 25.5. The number of aryl methyl sites for hydroxylation is 1. The van der Waals surface area contributed by atoms with Crippen LogP contribution in [-0.4, -0.2) is 5.71 Å². The van der Waals surface area contributed by atoms with E-state index in [1.165, 1.54) is 27.8 Å². The Balaban J connectivity index is 2.01. The van der Waals surface area contributed by atoms with Crippen molar-refractivity contribution in [3.05, 3.63) is 113 Å². The number of aliphatic imine (C=N–C) groups is 1. The molecular formula is C32H40N2. The molecule has 1 aliphatic rings. The van der Waals surface area contributed by atoms with Crippen LogP contribution in [0.5, 0.6) is 0 Å². The lowest BCUT2D eigenvalue weighted by molar-refractivity contribution is 0.590. The monoisotopic (exact) mass is 452 g/mol. The lowest BCUT2D eigenvalue weighted by Gasteiger charge is -2.19. The fraction of sp³-hybridized carbons (Fsp3) is 0.344. The quantitative estimate of drug-likeness (QED) is 0.397. The maximum Gasteiger partial charge on any atom is 0.0903 e. The van der Waals surface area contributed by atoms with E-state index in [4.69, 9.17) is 4.99 Å². The molecule has 0 radical (unpaired) electrons. The Hall–Kier alpha value is -3.13. The fourth-order valence-corrected chi connectivity index (χ4v) is 4.04. The maximum atomic E-state index is 5.14. The summed E-state index contributed by atoms with van der Waals surface area (Å²) in [7, 11) is 0. The highest BCUT2D eigenvalue weighted by Gasteiger charge is 2.24. The molecule has 2 nitrogen and oxygen atoms in total. The van der Waals surface area contributed by atoms with Crippen LogP contribution < -0.4 is 5.32 Å². The summed E-state index contributed by atoms with van der Waals surface area (Å²) >= 11 is 0. The zero-order valence-electron chi connectivity index (χ0n) is 22.0. The van der Waals surface area contributed by atoms with Gasteiger partial charge in [-0.1, -0.05) is 108 Å². The topological polar surface area (TPSA) is 24.4 Å². The number of rotatable bonds is 8. The Morgan fingerprint density at radius 3 is 2.29 bits per heavy atom. The van der Waals surface area contributed by atoms with Crippen molar-refractivity contribution < 1.29 is 0 Å². The molecular weight excluding hydrogens is 412 g/mol. The molecule has 2 aromatic rings. The van der Waals surface area contributed by atoms with Gasteiger partial charge in [-0.15, -0.1) is 0 Å². The Morgan fingerprint density at radius 2 is 1.74 bits per heavy atom. The molecule has 0 amide bonds. The number of allylic oxidation sites excluding steroid dienone is 5. The van der Waals surface area contributed by atoms with Gasteiger partial charge in [0.05, 0.1) is 17.1 Å². The van der Waals surface area contributed by atoms with Crippen LogP contribution in [-0.2, 0) is 5.41 Å². The molecule has 0 saturated carbocycles. The highest BCUT2D eigenvalue weighted by molar-refractivity contribution is 6.05. The summed E-state index contributed by atoms with van der Waals surface area (Å²) in [6.45, 7) is 19.8. The predicted molar refractivity (Wildman–Crippen MR) is 150 cm³/mol. The van der Waals surface area contributed by atoms with E-state index in [1.54, 1.807) is 0 Å². The second-order valence-corrected chi connectivity index (χ2v) is 10.4. The lowest BCUT2D eigenvalue weighted by atomic mass is 9.86. The smallest absolute Gasteiger partial charge is 0.0903 e. The van der Waals surface area contributed by atoms with Crippen molar-refractivity contribution in [2.24, 2.45) is 10.9 Å². The third-order valence-corrected chi connectivity index (χ3v) is 6.40. The van der Waals surface area contributed by atoms with Crippen LogP contribution >= 0.6 is 0 Å². The van der Waals surface area contributed by atoms with Crippen molar-refractivity contribution in [3.8, 4) is 0 Å². The number of hydrogen-bond donors (Lipinski definition) is 1. The molecule has 0 spiro atoms. The van der Waals surface area contributed by atoms with Crippen molar-refractivity contribution in [1.82, 2.24) is 0 Å². The Bertz CT molecular complexity index is 1130. The van der Waals surface area contributed by atoms with E-state index >= 15 is 0 Å². The number of nitrogens with zero attached hydrogens (tertiary/aromatic N) is 1. The molecule has 0 fully saturated rings. The molecule has 178 valence electrons. The van der Waals surface area contributed by atoms with Crippen molar-refractivity contribution in [2.75, 3.05) is 5.32 Å². The summed E-state index contributed by atoms with van der Waals surface area (Å²) < 4.78 is 0. The first-order chi connectivity index (χ1) is 16.1. The Morgan fingerprint density at radius 1 is 1.09 bits per heavy atom. The van der Waals surface area contributed by atoms with Gasteiger partial charge in [-0.05, 0) is 59.6 Å². The second-order valence-electron chi connectivity index (χ2n) is 10.4. The van der Waals surface area contributed by atoms with Crippen LogP contribution in [0.25, 0.3) is 0 Å². The summed E-state index contributed by atoms with van der Waals surface area (Å²) in [6, 6.07) is 17.3. The predicted octanol–water partition coefficient (Wildman–Crippen LogP) is 8.91. The SMILES string of the molecule is C=C(Nc1ccc(C)cc1)C1=C(C(/C=C\C)=C/C(C)CC)CC(c2ccc(C(C)(C)C)cc2)=N1. The van der Waals surface area contributed by atoms with E-state index in [2.05, 4.69) is 127 Å². The highest BCUT2D eigenvalue weighted by atomic mass is 15.0. The number of benzene rings is 2. The second kappa shape index (κ2) is 10.9. The van der Waals surface area contributed by atoms with Gasteiger partial charge < -0.3 is 5.32 Å². The van der Waals surface area contributed by atoms with E-state index < -0.39 is 0 Å².